The average molecular weight is 564 g/mol. The van der Waals surface area contributed by atoms with E-state index in [9.17, 15) is 18.0 Å². The number of hydrogen-bond donors (Lipinski definition) is 0. The quantitative estimate of drug-likeness (QED) is 0.277. The van der Waals surface area contributed by atoms with Crippen LogP contribution in [-0.2, 0) is 21.5 Å². The van der Waals surface area contributed by atoms with Gasteiger partial charge >= 0.3 is 10.1 Å². The summed E-state index contributed by atoms with van der Waals surface area (Å²) in [6.45, 7) is -0.00474. The molecule has 3 aromatic rings. The van der Waals surface area contributed by atoms with Crippen molar-refractivity contribution < 1.29 is 31.7 Å². The molecule has 12 heteroatoms. The van der Waals surface area contributed by atoms with Crippen LogP contribution in [0.3, 0.4) is 0 Å². The van der Waals surface area contributed by atoms with Crippen LogP contribution in [0.2, 0.25) is 10.0 Å². The van der Waals surface area contributed by atoms with Crippen molar-refractivity contribution >= 4 is 62.3 Å². The van der Waals surface area contributed by atoms with E-state index in [1.54, 1.807) is 30.3 Å². The van der Waals surface area contributed by atoms with Gasteiger partial charge in [0.25, 0.3) is 11.1 Å². The van der Waals surface area contributed by atoms with Gasteiger partial charge in [-0.2, -0.15) is 8.42 Å². The van der Waals surface area contributed by atoms with Crippen molar-refractivity contribution in [2.24, 2.45) is 0 Å². The van der Waals surface area contributed by atoms with Gasteiger partial charge in [0.2, 0.25) is 6.79 Å². The van der Waals surface area contributed by atoms with Crippen LogP contribution < -0.4 is 13.7 Å². The second-order valence-electron chi connectivity index (χ2n) is 7.59. The van der Waals surface area contributed by atoms with Crippen LogP contribution in [-0.4, -0.2) is 31.3 Å². The van der Waals surface area contributed by atoms with E-state index >= 15 is 0 Å². The minimum Gasteiger partial charge on any atom is -0.454 e. The highest BCUT2D eigenvalue weighted by Gasteiger charge is 2.36. The summed E-state index contributed by atoms with van der Waals surface area (Å²) in [5, 5.41) is 0.215. The second-order valence-corrected chi connectivity index (χ2v) is 11.0. The molecule has 2 amide bonds. The predicted octanol–water partition coefficient (Wildman–Crippen LogP) is 5.73. The predicted molar refractivity (Wildman–Crippen MR) is 135 cm³/mol. The molecule has 5 rings (SSSR count). The maximum atomic E-state index is 13.1. The summed E-state index contributed by atoms with van der Waals surface area (Å²) in [5.41, 5.74) is 0.823. The number of hydrogen-bond acceptors (Lipinski definition) is 8. The summed E-state index contributed by atoms with van der Waals surface area (Å²) >= 11 is 12.9. The third-order valence-electron chi connectivity index (χ3n) is 5.25. The van der Waals surface area contributed by atoms with Crippen molar-refractivity contribution in [2.45, 2.75) is 11.4 Å². The number of amides is 2. The molecule has 0 N–H and O–H groups in total. The molecule has 1 fully saturated rings. The van der Waals surface area contributed by atoms with Crippen LogP contribution in [0.25, 0.3) is 6.08 Å². The molecule has 0 spiro atoms. The number of imide groups is 1. The van der Waals surface area contributed by atoms with E-state index in [2.05, 4.69) is 0 Å². The van der Waals surface area contributed by atoms with E-state index in [1.807, 2.05) is 0 Å². The molecular weight excluding hydrogens is 549 g/mol. The molecule has 184 valence electrons. The number of halogens is 2. The molecule has 0 aromatic heterocycles. The van der Waals surface area contributed by atoms with E-state index in [-0.39, 0.29) is 28.9 Å². The van der Waals surface area contributed by atoms with Gasteiger partial charge in [0, 0.05) is 21.7 Å². The van der Waals surface area contributed by atoms with Crippen molar-refractivity contribution in [3.05, 3.63) is 86.7 Å². The summed E-state index contributed by atoms with van der Waals surface area (Å²) in [6, 6.07) is 15.0. The number of ether oxygens (including phenoxy) is 2. The molecule has 8 nitrogen and oxygen atoms in total. The highest BCUT2D eigenvalue weighted by atomic mass is 35.5. The first-order valence-corrected chi connectivity index (χ1v) is 13.3. The topological polar surface area (TPSA) is 99.2 Å². The first-order chi connectivity index (χ1) is 17.2. The van der Waals surface area contributed by atoms with Crippen molar-refractivity contribution in [1.82, 2.24) is 4.90 Å². The molecule has 2 aliphatic rings. The standard InChI is InChI=1S/C24H15Cl2NO7S2/c25-16-5-7-17(8-6-16)36(30,31)34-19-4-2-1-3-14(19)10-22-23(28)27(24(29)35-22)12-15-9-20-21(11-18(15)26)33-13-32-20/h1-11H,12-13H2/b22-10-. The normalized spacial score (nSPS) is 16.2. The number of thioether (sulfide) groups is 1. The zero-order valence-electron chi connectivity index (χ0n) is 18.1. The Morgan fingerprint density at radius 1 is 1.00 bits per heavy atom. The van der Waals surface area contributed by atoms with Crippen molar-refractivity contribution in [2.75, 3.05) is 6.79 Å². The third-order valence-corrected chi connectivity index (χ3v) is 8.01. The number of benzene rings is 3. The molecule has 0 bridgehead atoms. The monoisotopic (exact) mass is 563 g/mol. The maximum Gasteiger partial charge on any atom is 0.339 e. The van der Waals surface area contributed by atoms with E-state index in [0.717, 1.165) is 16.7 Å². The Bertz CT molecular complexity index is 1520. The van der Waals surface area contributed by atoms with Gasteiger partial charge in [-0.3, -0.25) is 14.5 Å². The first-order valence-electron chi connectivity index (χ1n) is 10.3. The molecule has 1 saturated heterocycles. The largest absolute Gasteiger partial charge is 0.454 e. The first kappa shape index (κ1) is 24.5. The zero-order chi connectivity index (χ0) is 25.4. The van der Waals surface area contributed by atoms with E-state index in [1.165, 1.54) is 36.4 Å². The van der Waals surface area contributed by atoms with Gasteiger partial charge in [0.15, 0.2) is 11.5 Å². The Balaban J connectivity index is 1.39. The highest BCUT2D eigenvalue weighted by Crippen LogP contribution is 2.40. The van der Waals surface area contributed by atoms with Crippen molar-refractivity contribution in [1.29, 1.82) is 0 Å². The lowest BCUT2D eigenvalue weighted by Gasteiger charge is -2.14. The zero-order valence-corrected chi connectivity index (χ0v) is 21.3. The van der Waals surface area contributed by atoms with Gasteiger partial charge in [-0.1, -0.05) is 41.4 Å². The molecule has 0 unspecified atom stereocenters. The number of rotatable bonds is 6. The lowest BCUT2D eigenvalue weighted by molar-refractivity contribution is -0.123. The minimum atomic E-state index is -4.17. The molecular formula is C24H15Cl2NO7S2. The van der Waals surface area contributed by atoms with Crippen LogP contribution in [0, 0.1) is 0 Å². The fraction of sp³-hybridized carbons (Fsp3) is 0.0833. The molecule has 2 aliphatic heterocycles. The van der Waals surface area contributed by atoms with Gasteiger partial charge in [0.05, 0.1) is 11.4 Å². The fourth-order valence-corrected chi connectivity index (χ4v) is 5.59. The number of para-hydroxylation sites is 1. The summed E-state index contributed by atoms with van der Waals surface area (Å²) < 4.78 is 41.4. The van der Waals surface area contributed by atoms with E-state index in [0.29, 0.717) is 32.7 Å². The van der Waals surface area contributed by atoms with Crippen LogP contribution in [0.15, 0.2) is 70.5 Å². The summed E-state index contributed by atoms with van der Waals surface area (Å²) in [5.74, 6) is 0.417. The highest BCUT2D eigenvalue weighted by molar-refractivity contribution is 8.18. The number of carbonyl (C=O) groups excluding carboxylic acids is 2. The Kier molecular flexibility index (Phi) is 6.60. The summed E-state index contributed by atoms with van der Waals surface area (Å²) in [7, 11) is -4.17. The number of nitrogens with zero attached hydrogens (tertiary/aromatic N) is 1. The Morgan fingerprint density at radius 3 is 2.44 bits per heavy atom. The number of carbonyl (C=O) groups is 2. The lowest BCUT2D eigenvalue weighted by atomic mass is 10.1. The smallest absolute Gasteiger partial charge is 0.339 e. The van der Waals surface area contributed by atoms with E-state index < -0.39 is 21.3 Å². The maximum absolute atomic E-state index is 13.1. The van der Waals surface area contributed by atoms with Crippen molar-refractivity contribution in [3.63, 3.8) is 0 Å². The number of fused-ring (bicyclic) bond motifs is 1. The summed E-state index contributed by atoms with van der Waals surface area (Å²) in [4.78, 5) is 26.8. The van der Waals surface area contributed by atoms with Gasteiger partial charge in [0.1, 0.15) is 10.6 Å². The Morgan fingerprint density at radius 2 is 1.69 bits per heavy atom. The molecule has 36 heavy (non-hydrogen) atoms. The van der Waals surface area contributed by atoms with Crippen LogP contribution in [0.5, 0.6) is 17.2 Å². The molecule has 3 aromatic carbocycles. The van der Waals surface area contributed by atoms with Crippen LogP contribution in [0.4, 0.5) is 4.79 Å². The fourth-order valence-electron chi connectivity index (χ4n) is 3.47. The van der Waals surface area contributed by atoms with E-state index in [4.69, 9.17) is 36.9 Å². The Labute approximate surface area is 220 Å². The summed E-state index contributed by atoms with van der Waals surface area (Å²) in [6.07, 6.45) is 1.42. The molecule has 0 atom stereocenters. The van der Waals surface area contributed by atoms with Gasteiger partial charge < -0.3 is 13.7 Å². The minimum absolute atomic E-state index is 0.00179. The molecule has 0 aliphatic carbocycles. The van der Waals surface area contributed by atoms with Crippen molar-refractivity contribution in [3.8, 4) is 17.2 Å². The molecule has 0 radical (unpaired) electrons. The molecule has 2 heterocycles. The van der Waals surface area contributed by atoms with Crippen LogP contribution in [0.1, 0.15) is 11.1 Å². The Hall–Kier alpha value is -3.18. The average Bonchev–Trinajstić information content (AvgIpc) is 3.39. The second kappa shape index (κ2) is 9.70. The van der Waals surface area contributed by atoms with Gasteiger partial charge in [-0.05, 0) is 59.8 Å². The van der Waals surface area contributed by atoms with Gasteiger partial charge in [-0.15, -0.1) is 0 Å². The van der Waals surface area contributed by atoms with Crippen LogP contribution >= 0.6 is 35.0 Å². The third kappa shape index (κ3) is 4.90. The molecule has 0 saturated carbocycles. The lowest BCUT2D eigenvalue weighted by Crippen LogP contribution is -2.27. The SMILES string of the molecule is O=C1S/C(=C\c2ccccc2OS(=O)(=O)c2ccc(Cl)cc2)C(=O)N1Cc1cc2c(cc1Cl)OCO2. The van der Waals surface area contributed by atoms with Gasteiger partial charge in [-0.25, -0.2) is 0 Å².